The number of nitrogen functional groups attached to an aromatic ring is 1. The van der Waals surface area contributed by atoms with Gasteiger partial charge in [0.1, 0.15) is 5.82 Å². The third-order valence-corrected chi connectivity index (χ3v) is 2.44. The molecule has 2 rings (SSSR count). The van der Waals surface area contributed by atoms with Crippen LogP contribution in [0, 0.1) is 5.92 Å². The molecular weight excluding hydrogens is 214 g/mol. The van der Waals surface area contributed by atoms with Crippen molar-refractivity contribution in [3.8, 4) is 11.6 Å². The third-order valence-electron chi connectivity index (χ3n) is 2.44. The van der Waals surface area contributed by atoms with E-state index in [1.54, 1.807) is 6.20 Å². The van der Waals surface area contributed by atoms with Crippen LogP contribution in [0.1, 0.15) is 19.5 Å². The third kappa shape index (κ3) is 2.61. The van der Waals surface area contributed by atoms with Gasteiger partial charge in [-0.3, -0.25) is 0 Å². The zero-order valence-corrected chi connectivity index (χ0v) is 10.4. The lowest BCUT2D eigenvalue weighted by molar-refractivity contribution is 0.634. The van der Waals surface area contributed by atoms with E-state index in [1.807, 2.05) is 23.9 Å². The van der Waals surface area contributed by atoms with Gasteiger partial charge in [0, 0.05) is 31.2 Å². The van der Waals surface area contributed by atoms with Crippen LogP contribution < -0.4 is 5.73 Å². The van der Waals surface area contributed by atoms with Crippen LogP contribution in [0.15, 0.2) is 18.5 Å². The van der Waals surface area contributed by atoms with Crippen molar-refractivity contribution in [3.05, 3.63) is 24.2 Å². The second-order valence-corrected chi connectivity index (χ2v) is 4.57. The molecule has 0 aliphatic heterocycles. The van der Waals surface area contributed by atoms with E-state index in [-0.39, 0.29) is 0 Å². The summed E-state index contributed by atoms with van der Waals surface area (Å²) in [5, 5.41) is 0. The largest absolute Gasteiger partial charge is 0.384 e. The number of nitrogens with zero attached hydrogens (tertiary/aromatic N) is 4. The Morgan fingerprint density at radius 2 is 2.12 bits per heavy atom. The lowest BCUT2D eigenvalue weighted by Crippen LogP contribution is -2.05. The number of aromatic nitrogens is 4. The highest BCUT2D eigenvalue weighted by atomic mass is 15.1. The summed E-state index contributed by atoms with van der Waals surface area (Å²) in [7, 11) is 1.91. The predicted octanol–water partition coefficient (Wildman–Crippen LogP) is 1.66. The number of aryl methyl sites for hydroxylation is 1. The standard InChI is InChI=1S/C12H17N5/c1-8(2)6-9-7-10(13)16-11(15-9)12-14-4-5-17(12)3/h4-5,7-8H,6H2,1-3H3,(H2,13,15,16). The van der Waals surface area contributed by atoms with Gasteiger partial charge in [-0.25, -0.2) is 15.0 Å². The van der Waals surface area contributed by atoms with Crippen LogP contribution in [0.5, 0.6) is 0 Å². The van der Waals surface area contributed by atoms with Crippen LogP contribution in [-0.2, 0) is 13.5 Å². The maximum Gasteiger partial charge on any atom is 0.198 e. The Labute approximate surface area is 101 Å². The van der Waals surface area contributed by atoms with Crippen molar-refractivity contribution >= 4 is 5.82 Å². The second kappa shape index (κ2) is 4.53. The molecule has 0 atom stereocenters. The first-order valence-electron chi connectivity index (χ1n) is 5.67. The van der Waals surface area contributed by atoms with E-state index in [9.17, 15) is 0 Å². The molecule has 0 spiro atoms. The van der Waals surface area contributed by atoms with Gasteiger partial charge in [-0.05, 0) is 12.3 Å². The highest BCUT2D eigenvalue weighted by Gasteiger charge is 2.10. The smallest absolute Gasteiger partial charge is 0.198 e. The molecule has 5 nitrogen and oxygen atoms in total. The number of nitrogens with two attached hydrogens (primary N) is 1. The molecule has 0 unspecified atom stereocenters. The molecule has 90 valence electrons. The second-order valence-electron chi connectivity index (χ2n) is 4.57. The van der Waals surface area contributed by atoms with Gasteiger partial charge in [0.25, 0.3) is 0 Å². The van der Waals surface area contributed by atoms with Crippen LogP contribution in [0.3, 0.4) is 0 Å². The number of anilines is 1. The Morgan fingerprint density at radius 1 is 1.35 bits per heavy atom. The van der Waals surface area contributed by atoms with E-state index in [0.29, 0.717) is 17.6 Å². The van der Waals surface area contributed by atoms with Crippen molar-refractivity contribution in [3.63, 3.8) is 0 Å². The number of hydrogen-bond acceptors (Lipinski definition) is 4. The van der Waals surface area contributed by atoms with Gasteiger partial charge in [-0.15, -0.1) is 0 Å². The van der Waals surface area contributed by atoms with Crippen LogP contribution >= 0.6 is 0 Å². The number of hydrogen-bond donors (Lipinski definition) is 1. The van der Waals surface area contributed by atoms with Crippen molar-refractivity contribution in [2.75, 3.05) is 5.73 Å². The molecule has 2 heterocycles. The summed E-state index contributed by atoms with van der Waals surface area (Å²) in [6, 6.07) is 1.83. The Hall–Kier alpha value is -1.91. The van der Waals surface area contributed by atoms with Gasteiger partial charge in [0.2, 0.25) is 0 Å². The zero-order valence-electron chi connectivity index (χ0n) is 10.4. The number of imidazole rings is 1. The molecular formula is C12H17N5. The summed E-state index contributed by atoms with van der Waals surface area (Å²) in [5.41, 5.74) is 6.77. The minimum absolute atomic E-state index is 0.494. The van der Waals surface area contributed by atoms with Gasteiger partial charge in [0.05, 0.1) is 0 Å². The van der Waals surface area contributed by atoms with Crippen molar-refractivity contribution in [1.82, 2.24) is 19.5 Å². The maximum absolute atomic E-state index is 5.80. The van der Waals surface area contributed by atoms with Crippen molar-refractivity contribution < 1.29 is 0 Å². The molecule has 2 aromatic rings. The van der Waals surface area contributed by atoms with Gasteiger partial charge in [-0.2, -0.15) is 0 Å². The normalized spacial score (nSPS) is 11.1. The lowest BCUT2D eigenvalue weighted by Gasteiger charge is -2.07. The lowest BCUT2D eigenvalue weighted by atomic mass is 10.1. The molecule has 0 aliphatic rings. The molecule has 17 heavy (non-hydrogen) atoms. The summed E-state index contributed by atoms with van der Waals surface area (Å²) < 4.78 is 1.88. The molecule has 0 bridgehead atoms. The Morgan fingerprint density at radius 3 is 2.71 bits per heavy atom. The molecule has 0 saturated heterocycles. The van der Waals surface area contributed by atoms with Crippen LogP contribution in [0.4, 0.5) is 5.82 Å². The van der Waals surface area contributed by atoms with Gasteiger partial charge < -0.3 is 10.3 Å². The topological polar surface area (TPSA) is 69.6 Å². The fourth-order valence-corrected chi connectivity index (χ4v) is 1.72. The Kier molecular flexibility index (Phi) is 3.08. The van der Waals surface area contributed by atoms with Crippen molar-refractivity contribution in [2.24, 2.45) is 13.0 Å². The van der Waals surface area contributed by atoms with Crippen molar-refractivity contribution in [1.29, 1.82) is 0 Å². The van der Waals surface area contributed by atoms with Gasteiger partial charge in [0.15, 0.2) is 11.6 Å². The first-order valence-corrected chi connectivity index (χ1v) is 5.67. The van der Waals surface area contributed by atoms with Gasteiger partial charge >= 0.3 is 0 Å². The zero-order chi connectivity index (χ0) is 12.4. The monoisotopic (exact) mass is 231 g/mol. The van der Waals surface area contributed by atoms with E-state index in [1.165, 1.54) is 0 Å². The molecule has 0 aromatic carbocycles. The minimum Gasteiger partial charge on any atom is -0.384 e. The molecule has 5 heteroatoms. The van der Waals surface area contributed by atoms with E-state index < -0.39 is 0 Å². The summed E-state index contributed by atoms with van der Waals surface area (Å²) in [6.07, 6.45) is 4.48. The predicted molar refractivity (Wildman–Crippen MR) is 67.2 cm³/mol. The fourth-order valence-electron chi connectivity index (χ4n) is 1.72. The molecule has 0 amide bonds. The maximum atomic E-state index is 5.80. The Balaban J connectivity index is 2.42. The van der Waals surface area contributed by atoms with Crippen LogP contribution in [0.2, 0.25) is 0 Å². The van der Waals surface area contributed by atoms with Crippen LogP contribution in [-0.4, -0.2) is 19.5 Å². The molecule has 0 saturated carbocycles. The molecule has 0 aliphatic carbocycles. The Bertz CT molecular complexity index is 515. The SMILES string of the molecule is CC(C)Cc1cc(N)nc(-c2nccn2C)n1. The average molecular weight is 231 g/mol. The fraction of sp³-hybridized carbons (Fsp3) is 0.417. The van der Waals surface area contributed by atoms with E-state index >= 15 is 0 Å². The molecule has 0 radical (unpaired) electrons. The van der Waals surface area contributed by atoms with E-state index in [0.717, 1.165) is 17.9 Å². The first-order chi connectivity index (χ1) is 8.06. The highest BCUT2D eigenvalue weighted by Crippen LogP contribution is 2.16. The molecule has 2 N–H and O–H groups in total. The first kappa shape index (κ1) is 11.6. The highest BCUT2D eigenvalue weighted by molar-refractivity contribution is 5.48. The minimum atomic E-state index is 0.494. The average Bonchev–Trinajstić information content (AvgIpc) is 2.62. The summed E-state index contributed by atoms with van der Waals surface area (Å²) in [5.74, 6) is 2.36. The summed E-state index contributed by atoms with van der Waals surface area (Å²) in [4.78, 5) is 13.0. The summed E-state index contributed by atoms with van der Waals surface area (Å²) >= 11 is 0. The molecule has 0 fully saturated rings. The number of rotatable bonds is 3. The van der Waals surface area contributed by atoms with Gasteiger partial charge in [-0.1, -0.05) is 13.8 Å². The van der Waals surface area contributed by atoms with Crippen LogP contribution in [0.25, 0.3) is 11.6 Å². The summed E-state index contributed by atoms with van der Waals surface area (Å²) in [6.45, 7) is 4.30. The van der Waals surface area contributed by atoms with E-state index in [4.69, 9.17) is 5.73 Å². The van der Waals surface area contributed by atoms with Crippen molar-refractivity contribution in [2.45, 2.75) is 20.3 Å². The van der Waals surface area contributed by atoms with E-state index in [2.05, 4.69) is 28.8 Å². The quantitative estimate of drug-likeness (QED) is 0.872. The molecule has 2 aromatic heterocycles.